The Bertz CT molecular complexity index is 848. The smallest absolute Gasteiger partial charge is 0.223 e. The van der Waals surface area contributed by atoms with E-state index >= 15 is 0 Å². The van der Waals surface area contributed by atoms with Crippen LogP contribution in [0.1, 0.15) is 43.4 Å². The van der Waals surface area contributed by atoms with E-state index in [1.165, 1.54) is 0 Å². The van der Waals surface area contributed by atoms with Gasteiger partial charge in [0.15, 0.2) is 0 Å². The van der Waals surface area contributed by atoms with Crippen LogP contribution >= 0.6 is 0 Å². The number of rotatable bonds is 6. The van der Waals surface area contributed by atoms with Crippen LogP contribution in [0.2, 0.25) is 0 Å². The van der Waals surface area contributed by atoms with E-state index in [0.29, 0.717) is 6.42 Å². The first-order chi connectivity index (χ1) is 14.0. The van der Waals surface area contributed by atoms with Gasteiger partial charge in [0.1, 0.15) is 5.75 Å². The van der Waals surface area contributed by atoms with Crippen LogP contribution in [0.3, 0.4) is 0 Å². The molecule has 2 aromatic rings. The predicted octanol–water partition coefficient (Wildman–Crippen LogP) is 3.29. The summed E-state index contributed by atoms with van der Waals surface area (Å²) in [5.41, 5.74) is 1.30. The lowest BCUT2D eigenvalue weighted by atomic mass is 9.79. The molecule has 1 amide bonds. The number of hydrogen-bond acceptors (Lipinski definition) is 4. The first-order valence-corrected chi connectivity index (χ1v) is 10.4. The monoisotopic (exact) mass is 394 g/mol. The predicted molar refractivity (Wildman–Crippen MR) is 112 cm³/mol. The quantitative estimate of drug-likeness (QED) is 0.789. The lowest BCUT2D eigenvalue weighted by Crippen LogP contribution is -2.62. The SMILES string of the molecule is COc1cccc(CN2CCC(C)(O)C(NC(=O)C3CC3)C2c2ccccc2)c1. The van der Waals surface area contributed by atoms with E-state index in [-0.39, 0.29) is 23.9 Å². The fraction of sp³-hybridized carbons (Fsp3) is 0.458. The van der Waals surface area contributed by atoms with Gasteiger partial charge in [0.2, 0.25) is 5.91 Å². The van der Waals surface area contributed by atoms with Crippen molar-refractivity contribution in [2.45, 2.75) is 50.4 Å². The molecule has 0 bridgehead atoms. The third-order valence-electron chi connectivity index (χ3n) is 6.19. The Labute approximate surface area is 172 Å². The van der Waals surface area contributed by atoms with Gasteiger partial charge in [-0.1, -0.05) is 42.5 Å². The minimum absolute atomic E-state index is 0.0689. The molecule has 0 spiro atoms. The fourth-order valence-electron chi connectivity index (χ4n) is 4.30. The molecule has 3 atom stereocenters. The molecule has 1 heterocycles. The summed E-state index contributed by atoms with van der Waals surface area (Å²) in [4.78, 5) is 15.0. The number of ether oxygens (including phenoxy) is 1. The number of aliphatic hydroxyl groups is 1. The Morgan fingerprint density at radius 2 is 1.97 bits per heavy atom. The second-order valence-corrected chi connectivity index (χ2v) is 8.55. The number of nitrogens with one attached hydrogen (secondary N) is 1. The lowest BCUT2D eigenvalue weighted by Gasteiger charge is -2.49. The van der Waals surface area contributed by atoms with Gasteiger partial charge in [0.25, 0.3) is 0 Å². The van der Waals surface area contributed by atoms with Crippen molar-refractivity contribution in [3.8, 4) is 5.75 Å². The van der Waals surface area contributed by atoms with Gasteiger partial charge < -0.3 is 15.2 Å². The molecule has 0 aromatic heterocycles. The number of likely N-dealkylation sites (tertiary alicyclic amines) is 1. The molecule has 4 rings (SSSR count). The van der Waals surface area contributed by atoms with Crippen molar-refractivity contribution in [2.24, 2.45) is 5.92 Å². The van der Waals surface area contributed by atoms with Crippen molar-refractivity contribution >= 4 is 5.91 Å². The van der Waals surface area contributed by atoms with E-state index in [0.717, 1.165) is 42.8 Å². The summed E-state index contributed by atoms with van der Waals surface area (Å²) >= 11 is 0. The molecule has 29 heavy (non-hydrogen) atoms. The van der Waals surface area contributed by atoms with Crippen molar-refractivity contribution in [1.29, 1.82) is 0 Å². The molecule has 2 fully saturated rings. The summed E-state index contributed by atoms with van der Waals surface area (Å²) in [6.07, 6.45) is 2.50. The Balaban J connectivity index is 1.66. The first-order valence-electron chi connectivity index (χ1n) is 10.4. The van der Waals surface area contributed by atoms with Gasteiger partial charge in [0, 0.05) is 19.0 Å². The highest BCUT2D eigenvalue weighted by atomic mass is 16.5. The number of amides is 1. The average molecular weight is 395 g/mol. The van der Waals surface area contributed by atoms with Crippen molar-refractivity contribution < 1.29 is 14.6 Å². The summed E-state index contributed by atoms with van der Waals surface area (Å²) < 4.78 is 5.38. The maximum atomic E-state index is 12.6. The van der Waals surface area contributed by atoms with Gasteiger partial charge in [0.05, 0.1) is 24.8 Å². The number of hydrogen-bond donors (Lipinski definition) is 2. The molecule has 1 aliphatic carbocycles. The molecule has 5 heteroatoms. The zero-order valence-corrected chi connectivity index (χ0v) is 17.2. The number of methoxy groups -OCH3 is 1. The fourth-order valence-corrected chi connectivity index (χ4v) is 4.30. The van der Waals surface area contributed by atoms with Gasteiger partial charge in [-0.05, 0) is 49.4 Å². The normalized spacial score (nSPS) is 27.4. The van der Waals surface area contributed by atoms with Crippen LogP contribution in [0.15, 0.2) is 54.6 Å². The highest BCUT2D eigenvalue weighted by molar-refractivity contribution is 5.81. The molecule has 3 unspecified atom stereocenters. The Kier molecular flexibility index (Phi) is 5.61. The van der Waals surface area contributed by atoms with Crippen molar-refractivity contribution in [1.82, 2.24) is 10.2 Å². The van der Waals surface area contributed by atoms with Crippen LogP contribution in [0, 0.1) is 5.92 Å². The minimum Gasteiger partial charge on any atom is -0.497 e. The van der Waals surface area contributed by atoms with Crippen LogP contribution in [0.25, 0.3) is 0 Å². The maximum Gasteiger partial charge on any atom is 0.223 e. The topological polar surface area (TPSA) is 61.8 Å². The summed E-state index contributed by atoms with van der Waals surface area (Å²) in [5.74, 6) is 1.01. The summed E-state index contributed by atoms with van der Waals surface area (Å²) in [6, 6.07) is 17.8. The molecular formula is C24H30N2O3. The summed E-state index contributed by atoms with van der Waals surface area (Å²) in [6.45, 7) is 3.33. The third kappa shape index (κ3) is 4.46. The number of piperidine rings is 1. The van der Waals surface area contributed by atoms with E-state index in [9.17, 15) is 9.90 Å². The summed E-state index contributed by atoms with van der Waals surface area (Å²) in [5, 5.41) is 14.4. The Hall–Kier alpha value is -2.37. The largest absolute Gasteiger partial charge is 0.497 e. The van der Waals surface area contributed by atoms with E-state index in [1.54, 1.807) is 7.11 Å². The van der Waals surface area contributed by atoms with Gasteiger partial charge in [-0.3, -0.25) is 9.69 Å². The highest BCUT2D eigenvalue weighted by Gasteiger charge is 2.47. The van der Waals surface area contributed by atoms with Gasteiger partial charge in [-0.15, -0.1) is 0 Å². The van der Waals surface area contributed by atoms with Crippen molar-refractivity contribution in [3.63, 3.8) is 0 Å². The van der Waals surface area contributed by atoms with E-state index in [2.05, 4.69) is 28.4 Å². The molecule has 2 aliphatic rings. The van der Waals surface area contributed by atoms with Crippen LogP contribution in [0.4, 0.5) is 0 Å². The number of benzene rings is 2. The zero-order valence-electron chi connectivity index (χ0n) is 17.2. The summed E-state index contributed by atoms with van der Waals surface area (Å²) in [7, 11) is 1.67. The zero-order chi connectivity index (χ0) is 20.4. The van der Waals surface area contributed by atoms with E-state index in [1.807, 2.05) is 43.3 Å². The molecule has 154 valence electrons. The maximum absolute atomic E-state index is 12.6. The molecule has 1 aliphatic heterocycles. The van der Waals surface area contributed by atoms with Crippen LogP contribution < -0.4 is 10.1 Å². The molecule has 2 aromatic carbocycles. The molecule has 2 N–H and O–H groups in total. The molecule has 1 saturated carbocycles. The van der Waals surface area contributed by atoms with Crippen LogP contribution in [0.5, 0.6) is 5.75 Å². The molecule has 5 nitrogen and oxygen atoms in total. The second-order valence-electron chi connectivity index (χ2n) is 8.55. The van der Waals surface area contributed by atoms with Gasteiger partial charge in [-0.2, -0.15) is 0 Å². The third-order valence-corrected chi connectivity index (χ3v) is 6.19. The Morgan fingerprint density at radius 3 is 2.66 bits per heavy atom. The number of carbonyl (C=O) groups is 1. The molecule has 0 radical (unpaired) electrons. The van der Waals surface area contributed by atoms with Crippen LogP contribution in [-0.4, -0.2) is 41.2 Å². The van der Waals surface area contributed by atoms with Gasteiger partial charge in [-0.25, -0.2) is 0 Å². The standard InChI is InChI=1S/C24H30N2O3/c1-24(28)13-14-26(16-17-7-6-10-20(15-17)29-2)21(18-8-4-3-5-9-18)22(24)25-23(27)19-11-12-19/h3-10,15,19,21-22,28H,11-14,16H2,1-2H3,(H,25,27). The Morgan fingerprint density at radius 1 is 1.21 bits per heavy atom. The van der Waals surface area contributed by atoms with Crippen molar-refractivity contribution in [3.05, 3.63) is 65.7 Å². The average Bonchev–Trinajstić information content (AvgIpc) is 3.57. The molecule has 1 saturated heterocycles. The molecular weight excluding hydrogens is 364 g/mol. The first kappa shape index (κ1) is 19.9. The number of nitrogens with zero attached hydrogens (tertiary/aromatic N) is 1. The second kappa shape index (κ2) is 8.17. The van der Waals surface area contributed by atoms with E-state index < -0.39 is 5.60 Å². The lowest BCUT2D eigenvalue weighted by molar-refractivity contribution is -0.130. The van der Waals surface area contributed by atoms with Crippen LogP contribution in [-0.2, 0) is 11.3 Å². The van der Waals surface area contributed by atoms with E-state index in [4.69, 9.17) is 4.74 Å². The highest BCUT2D eigenvalue weighted by Crippen LogP contribution is 2.39. The number of carbonyl (C=O) groups excluding carboxylic acids is 1. The van der Waals surface area contributed by atoms with Gasteiger partial charge >= 0.3 is 0 Å². The van der Waals surface area contributed by atoms with Crippen molar-refractivity contribution in [2.75, 3.05) is 13.7 Å². The minimum atomic E-state index is -0.962.